The fraction of sp³-hybridized carbons (Fsp3) is 0.733. The van der Waals surface area contributed by atoms with E-state index in [1.165, 1.54) is 38.5 Å². The second-order valence-corrected chi connectivity index (χ2v) is 6.86. The van der Waals surface area contributed by atoms with Crippen LogP contribution in [0.3, 0.4) is 0 Å². The van der Waals surface area contributed by atoms with Gasteiger partial charge >= 0.3 is 0 Å². The molecule has 0 spiro atoms. The van der Waals surface area contributed by atoms with Gasteiger partial charge in [0.1, 0.15) is 0 Å². The molecule has 3 heterocycles. The molecule has 0 aliphatic carbocycles. The Morgan fingerprint density at radius 2 is 2.11 bits per heavy atom. The van der Waals surface area contributed by atoms with Crippen molar-refractivity contribution in [3.8, 4) is 0 Å². The summed E-state index contributed by atoms with van der Waals surface area (Å²) in [7, 11) is 0. The maximum absolute atomic E-state index is 6.19. The summed E-state index contributed by atoms with van der Waals surface area (Å²) in [6, 6.07) is 7.11. The number of hydrogen-bond acceptors (Lipinski definition) is 3. The molecule has 18 heavy (non-hydrogen) atoms. The van der Waals surface area contributed by atoms with Gasteiger partial charge in [-0.2, -0.15) is 0 Å². The highest BCUT2D eigenvalue weighted by molar-refractivity contribution is 7.10. The molecule has 100 valence electrons. The first kappa shape index (κ1) is 12.6. The van der Waals surface area contributed by atoms with Crippen LogP contribution in [0.25, 0.3) is 0 Å². The summed E-state index contributed by atoms with van der Waals surface area (Å²) < 4.78 is 0. The molecule has 3 heteroatoms. The van der Waals surface area contributed by atoms with Crippen LogP contribution >= 0.6 is 11.3 Å². The van der Waals surface area contributed by atoms with Crippen molar-refractivity contribution in [2.45, 2.75) is 69.6 Å². The number of fused-ring (bicyclic) bond motifs is 2. The van der Waals surface area contributed by atoms with E-state index in [0.717, 1.165) is 12.1 Å². The second-order valence-electron chi connectivity index (χ2n) is 5.88. The molecule has 3 unspecified atom stereocenters. The fourth-order valence-electron chi connectivity index (χ4n) is 3.96. The van der Waals surface area contributed by atoms with Gasteiger partial charge in [0, 0.05) is 29.0 Å². The van der Waals surface area contributed by atoms with Gasteiger partial charge in [0.05, 0.1) is 0 Å². The Kier molecular flexibility index (Phi) is 3.73. The third kappa shape index (κ3) is 2.24. The van der Waals surface area contributed by atoms with E-state index in [1.807, 2.05) is 11.3 Å². The molecule has 0 radical (unpaired) electrons. The third-order valence-electron chi connectivity index (χ3n) is 4.62. The molecule has 2 aliphatic heterocycles. The van der Waals surface area contributed by atoms with Crippen LogP contribution in [0.15, 0.2) is 17.5 Å². The molecule has 2 N–H and O–H groups in total. The Morgan fingerprint density at radius 3 is 2.67 bits per heavy atom. The highest BCUT2D eigenvalue weighted by atomic mass is 32.1. The van der Waals surface area contributed by atoms with Gasteiger partial charge in [-0.25, -0.2) is 0 Å². The zero-order valence-corrected chi connectivity index (χ0v) is 12.0. The number of piperidine rings is 1. The number of rotatable bonds is 4. The van der Waals surface area contributed by atoms with E-state index < -0.39 is 0 Å². The lowest BCUT2D eigenvalue weighted by Crippen LogP contribution is -2.48. The van der Waals surface area contributed by atoms with Crippen LogP contribution in [0.5, 0.6) is 0 Å². The quantitative estimate of drug-likeness (QED) is 0.901. The van der Waals surface area contributed by atoms with Crippen molar-refractivity contribution in [3.63, 3.8) is 0 Å². The van der Waals surface area contributed by atoms with Crippen molar-refractivity contribution in [1.82, 2.24) is 4.90 Å². The van der Waals surface area contributed by atoms with Gasteiger partial charge in [0.15, 0.2) is 0 Å². The smallest absolute Gasteiger partial charge is 0.0447 e. The first-order valence-electron chi connectivity index (χ1n) is 7.36. The number of nitrogens with zero attached hydrogens (tertiary/aromatic N) is 1. The zero-order chi connectivity index (χ0) is 12.5. The monoisotopic (exact) mass is 264 g/mol. The van der Waals surface area contributed by atoms with Gasteiger partial charge < -0.3 is 5.73 Å². The number of thiophene rings is 1. The standard InChI is InChI=1S/C15H24N2S/c1-2-4-14(15-5-3-8-18-15)17-12-6-7-13(17)10-11(16)9-12/h3,5,8,11-14H,2,4,6-7,9-10,16H2,1H3. The normalized spacial score (nSPS) is 33.8. The molecule has 3 rings (SSSR count). The predicted molar refractivity (Wildman–Crippen MR) is 77.8 cm³/mol. The minimum Gasteiger partial charge on any atom is -0.328 e. The minimum atomic E-state index is 0.448. The molecule has 0 saturated carbocycles. The molecule has 2 fully saturated rings. The highest BCUT2D eigenvalue weighted by Crippen LogP contribution is 2.43. The van der Waals surface area contributed by atoms with Gasteiger partial charge in [-0.05, 0) is 43.6 Å². The van der Waals surface area contributed by atoms with Crippen molar-refractivity contribution < 1.29 is 0 Å². The Bertz CT molecular complexity index is 362. The van der Waals surface area contributed by atoms with Crippen molar-refractivity contribution in [2.75, 3.05) is 0 Å². The fourth-order valence-corrected chi connectivity index (χ4v) is 4.82. The van der Waals surface area contributed by atoms with Crippen LogP contribution in [0.4, 0.5) is 0 Å². The molecule has 1 aromatic rings. The number of nitrogens with two attached hydrogens (primary N) is 1. The van der Waals surface area contributed by atoms with E-state index in [-0.39, 0.29) is 0 Å². The third-order valence-corrected chi connectivity index (χ3v) is 5.59. The maximum Gasteiger partial charge on any atom is 0.0447 e. The Hall–Kier alpha value is -0.380. The van der Waals surface area contributed by atoms with Crippen LogP contribution in [0.2, 0.25) is 0 Å². The highest BCUT2D eigenvalue weighted by Gasteiger charge is 2.43. The first-order chi connectivity index (χ1) is 8.79. The summed E-state index contributed by atoms with van der Waals surface area (Å²) in [6.45, 7) is 2.30. The minimum absolute atomic E-state index is 0.448. The summed E-state index contributed by atoms with van der Waals surface area (Å²) >= 11 is 1.92. The molecular weight excluding hydrogens is 240 g/mol. The van der Waals surface area contributed by atoms with Crippen LogP contribution in [0, 0.1) is 0 Å². The Balaban J connectivity index is 1.83. The van der Waals surface area contributed by atoms with Crippen molar-refractivity contribution in [3.05, 3.63) is 22.4 Å². The van der Waals surface area contributed by atoms with E-state index in [2.05, 4.69) is 29.3 Å². The van der Waals surface area contributed by atoms with Crippen molar-refractivity contribution in [2.24, 2.45) is 5.73 Å². The summed E-state index contributed by atoms with van der Waals surface area (Å²) in [5.74, 6) is 0. The van der Waals surface area contributed by atoms with Gasteiger partial charge in [0.2, 0.25) is 0 Å². The van der Waals surface area contributed by atoms with Gasteiger partial charge in [0.25, 0.3) is 0 Å². The van der Waals surface area contributed by atoms with E-state index >= 15 is 0 Å². The Morgan fingerprint density at radius 1 is 1.39 bits per heavy atom. The van der Waals surface area contributed by atoms with Gasteiger partial charge in [-0.1, -0.05) is 19.4 Å². The van der Waals surface area contributed by atoms with Crippen molar-refractivity contribution in [1.29, 1.82) is 0 Å². The van der Waals surface area contributed by atoms with E-state index in [1.54, 1.807) is 4.88 Å². The average Bonchev–Trinajstić information content (AvgIpc) is 2.94. The molecule has 1 aromatic heterocycles. The topological polar surface area (TPSA) is 29.3 Å². The van der Waals surface area contributed by atoms with Gasteiger partial charge in [-0.15, -0.1) is 11.3 Å². The molecule has 2 aliphatic rings. The Labute approximate surface area is 114 Å². The van der Waals surface area contributed by atoms with E-state index in [9.17, 15) is 0 Å². The molecule has 2 bridgehead atoms. The SMILES string of the molecule is CCCC(c1cccs1)N1C2CCC1CC(N)C2. The van der Waals surface area contributed by atoms with Crippen LogP contribution in [-0.2, 0) is 0 Å². The largest absolute Gasteiger partial charge is 0.328 e. The zero-order valence-electron chi connectivity index (χ0n) is 11.2. The second kappa shape index (κ2) is 5.32. The van der Waals surface area contributed by atoms with E-state index in [4.69, 9.17) is 5.73 Å². The first-order valence-corrected chi connectivity index (χ1v) is 8.24. The molecule has 3 atom stereocenters. The lowest BCUT2D eigenvalue weighted by molar-refractivity contribution is 0.0735. The maximum atomic E-state index is 6.19. The molecule has 0 amide bonds. The predicted octanol–water partition coefficient (Wildman–Crippen LogP) is 3.54. The summed E-state index contributed by atoms with van der Waals surface area (Å²) in [6.07, 6.45) is 7.71. The lowest BCUT2D eigenvalue weighted by atomic mass is 9.94. The van der Waals surface area contributed by atoms with Crippen molar-refractivity contribution >= 4 is 11.3 Å². The van der Waals surface area contributed by atoms with Crippen LogP contribution in [0.1, 0.15) is 56.4 Å². The number of hydrogen-bond donors (Lipinski definition) is 1. The molecule has 2 nitrogen and oxygen atoms in total. The summed E-state index contributed by atoms with van der Waals surface area (Å²) in [5, 5.41) is 2.22. The average molecular weight is 264 g/mol. The van der Waals surface area contributed by atoms with E-state index in [0.29, 0.717) is 12.1 Å². The molecule has 0 aromatic carbocycles. The van der Waals surface area contributed by atoms with Crippen LogP contribution < -0.4 is 5.73 Å². The van der Waals surface area contributed by atoms with Crippen LogP contribution in [-0.4, -0.2) is 23.0 Å². The lowest BCUT2D eigenvalue weighted by Gasteiger charge is -2.42. The molecule has 2 saturated heterocycles. The molecular formula is C15H24N2S. The summed E-state index contributed by atoms with van der Waals surface area (Å²) in [5.41, 5.74) is 6.19. The summed E-state index contributed by atoms with van der Waals surface area (Å²) in [4.78, 5) is 4.38. The van der Waals surface area contributed by atoms with Gasteiger partial charge in [-0.3, -0.25) is 4.90 Å².